The standard InChI is InChI=1S/C22H22F2N6O/c1-30-8-6-14(7-9-30)28-21-16-10-13(2-4-18(16)26-12-27-21)17-11-25-20-15(17)3-5-19(29-20)31-22(23)24/h2-5,10-12,14,22H,6-9H2,1H3,(H,25,29)(H,26,27,28). The van der Waals surface area contributed by atoms with Gasteiger partial charge in [0.2, 0.25) is 5.88 Å². The van der Waals surface area contributed by atoms with E-state index in [0.29, 0.717) is 11.7 Å². The van der Waals surface area contributed by atoms with Crippen LogP contribution < -0.4 is 10.1 Å². The molecule has 0 aliphatic carbocycles. The summed E-state index contributed by atoms with van der Waals surface area (Å²) in [6.45, 7) is -0.785. The molecule has 1 fully saturated rings. The third-order valence-electron chi connectivity index (χ3n) is 5.73. The predicted octanol–water partition coefficient (Wildman–Crippen LogP) is 4.28. The number of rotatable bonds is 5. The van der Waals surface area contributed by atoms with Gasteiger partial charge in [-0.25, -0.2) is 9.97 Å². The summed E-state index contributed by atoms with van der Waals surface area (Å²) in [5.74, 6) is 0.708. The molecule has 0 unspecified atom stereocenters. The lowest BCUT2D eigenvalue weighted by atomic mass is 10.0. The second-order valence-electron chi connectivity index (χ2n) is 7.80. The van der Waals surface area contributed by atoms with E-state index in [-0.39, 0.29) is 5.88 Å². The molecule has 3 aromatic heterocycles. The van der Waals surface area contributed by atoms with Gasteiger partial charge in [0.25, 0.3) is 0 Å². The number of pyridine rings is 1. The molecule has 9 heteroatoms. The van der Waals surface area contributed by atoms with Gasteiger partial charge >= 0.3 is 6.61 Å². The van der Waals surface area contributed by atoms with Crippen LogP contribution in [0.3, 0.4) is 0 Å². The van der Waals surface area contributed by atoms with Gasteiger partial charge in [-0.05, 0) is 56.7 Å². The van der Waals surface area contributed by atoms with Crippen molar-refractivity contribution in [2.24, 2.45) is 0 Å². The predicted molar refractivity (Wildman–Crippen MR) is 115 cm³/mol. The first-order valence-corrected chi connectivity index (χ1v) is 10.2. The number of hydrogen-bond acceptors (Lipinski definition) is 6. The maximum absolute atomic E-state index is 12.5. The second-order valence-corrected chi connectivity index (χ2v) is 7.80. The minimum atomic E-state index is -2.91. The Morgan fingerprint density at radius 3 is 2.77 bits per heavy atom. The fourth-order valence-electron chi connectivity index (χ4n) is 4.07. The van der Waals surface area contributed by atoms with Crippen molar-refractivity contribution < 1.29 is 13.5 Å². The Morgan fingerprint density at radius 2 is 1.97 bits per heavy atom. The Kier molecular flexibility index (Phi) is 5.11. The van der Waals surface area contributed by atoms with Gasteiger partial charge in [-0.1, -0.05) is 6.07 Å². The summed E-state index contributed by atoms with van der Waals surface area (Å²) in [7, 11) is 2.14. The van der Waals surface area contributed by atoms with Crippen LogP contribution in [0.25, 0.3) is 33.1 Å². The Morgan fingerprint density at radius 1 is 1.13 bits per heavy atom. The first-order chi connectivity index (χ1) is 15.1. The number of likely N-dealkylation sites (tertiary alicyclic amines) is 1. The number of anilines is 1. The zero-order valence-corrected chi connectivity index (χ0v) is 17.0. The summed E-state index contributed by atoms with van der Waals surface area (Å²) in [4.78, 5) is 18.4. The van der Waals surface area contributed by atoms with Crippen molar-refractivity contribution in [2.45, 2.75) is 25.5 Å². The number of aromatic amines is 1. The highest BCUT2D eigenvalue weighted by Crippen LogP contribution is 2.33. The first-order valence-electron chi connectivity index (χ1n) is 10.2. The number of aromatic nitrogens is 4. The number of alkyl halides is 2. The van der Waals surface area contributed by atoms with Crippen molar-refractivity contribution in [1.82, 2.24) is 24.8 Å². The van der Waals surface area contributed by atoms with E-state index in [1.807, 2.05) is 18.3 Å². The highest BCUT2D eigenvalue weighted by Gasteiger charge is 2.18. The molecule has 2 N–H and O–H groups in total. The van der Waals surface area contributed by atoms with Crippen molar-refractivity contribution in [3.8, 4) is 17.0 Å². The molecule has 4 heterocycles. The van der Waals surface area contributed by atoms with E-state index in [0.717, 1.165) is 59.2 Å². The smallest absolute Gasteiger partial charge is 0.388 e. The van der Waals surface area contributed by atoms with Gasteiger partial charge < -0.3 is 19.9 Å². The van der Waals surface area contributed by atoms with Crippen LogP contribution in [0.4, 0.5) is 14.6 Å². The molecule has 1 aliphatic rings. The van der Waals surface area contributed by atoms with Crippen LogP contribution in [-0.4, -0.2) is 57.6 Å². The molecular weight excluding hydrogens is 402 g/mol. The molecule has 0 amide bonds. The van der Waals surface area contributed by atoms with Gasteiger partial charge in [0, 0.05) is 34.6 Å². The molecule has 4 aromatic rings. The fraction of sp³-hybridized carbons (Fsp3) is 0.318. The SMILES string of the molecule is CN1CCC(Nc2ncnc3ccc(-c4c[nH]c5nc(OC(F)F)ccc45)cc23)CC1. The van der Waals surface area contributed by atoms with Gasteiger partial charge in [-0.3, -0.25) is 0 Å². The normalized spacial score (nSPS) is 15.7. The number of benzene rings is 1. The Hall–Kier alpha value is -3.33. The van der Waals surface area contributed by atoms with Gasteiger partial charge in [0.1, 0.15) is 17.8 Å². The van der Waals surface area contributed by atoms with Gasteiger partial charge in [-0.2, -0.15) is 13.8 Å². The summed E-state index contributed by atoms with van der Waals surface area (Å²) in [5, 5.41) is 5.36. The molecular formula is C22H22F2N6O. The van der Waals surface area contributed by atoms with Crippen LogP contribution in [-0.2, 0) is 0 Å². The number of ether oxygens (including phenoxy) is 1. The molecule has 7 nitrogen and oxygen atoms in total. The van der Waals surface area contributed by atoms with Crippen LogP contribution in [0.5, 0.6) is 5.88 Å². The summed E-state index contributed by atoms with van der Waals surface area (Å²) < 4.78 is 29.3. The largest absolute Gasteiger partial charge is 0.417 e. The molecule has 0 bridgehead atoms. The highest BCUT2D eigenvalue weighted by molar-refractivity contribution is 5.98. The summed E-state index contributed by atoms with van der Waals surface area (Å²) in [5.41, 5.74) is 3.23. The molecule has 31 heavy (non-hydrogen) atoms. The number of piperidine rings is 1. The molecule has 1 aliphatic heterocycles. The third-order valence-corrected chi connectivity index (χ3v) is 5.73. The van der Waals surface area contributed by atoms with Gasteiger partial charge in [-0.15, -0.1) is 0 Å². The maximum Gasteiger partial charge on any atom is 0.388 e. The summed E-state index contributed by atoms with van der Waals surface area (Å²) in [6.07, 6.45) is 5.54. The second kappa shape index (κ2) is 8.07. The molecule has 1 aromatic carbocycles. The lowest BCUT2D eigenvalue weighted by molar-refractivity contribution is -0.0526. The van der Waals surface area contributed by atoms with E-state index < -0.39 is 6.61 Å². The van der Waals surface area contributed by atoms with Crippen LogP contribution in [0.2, 0.25) is 0 Å². The number of nitrogens with one attached hydrogen (secondary N) is 2. The number of halogens is 2. The zero-order chi connectivity index (χ0) is 21.4. The Labute approximate surface area is 177 Å². The highest BCUT2D eigenvalue weighted by atomic mass is 19.3. The lowest BCUT2D eigenvalue weighted by Gasteiger charge is -2.30. The Bertz CT molecular complexity index is 1220. The molecule has 5 rings (SSSR count). The zero-order valence-electron chi connectivity index (χ0n) is 17.0. The van der Waals surface area contributed by atoms with E-state index in [4.69, 9.17) is 0 Å². The number of H-pyrrole nitrogens is 1. The monoisotopic (exact) mass is 424 g/mol. The van der Waals surface area contributed by atoms with Gasteiger partial charge in [0.15, 0.2) is 0 Å². The molecule has 0 radical (unpaired) electrons. The number of fused-ring (bicyclic) bond motifs is 2. The Balaban J connectivity index is 1.49. The minimum Gasteiger partial charge on any atom is -0.417 e. The van der Waals surface area contributed by atoms with Crippen molar-refractivity contribution in [3.63, 3.8) is 0 Å². The van der Waals surface area contributed by atoms with Gasteiger partial charge in [0.05, 0.1) is 5.52 Å². The van der Waals surface area contributed by atoms with Crippen molar-refractivity contribution in [1.29, 1.82) is 0 Å². The van der Waals surface area contributed by atoms with Crippen LogP contribution in [0.15, 0.2) is 42.9 Å². The van der Waals surface area contributed by atoms with Crippen molar-refractivity contribution >= 4 is 27.8 Å². The quantitative estimate of drug-likeness (QED) is 0.498. The average Bonchev–Trinajstić information content (AvgIpc) is 3.18. The topological polar surface area (TPSA) is 79.0 Å². The van der Waals surface area contributed by atoms with Crippen LogP contribution >= 0.6 is 0 Å². The van der Waals surface area contributed by atoms with Crippen LogP contribution in [0.1, 0.15) is 12.8 Å². The van der Waals surface area contributed by atoms with E-state index in [9.17, 15) is 8.78 Å². The van der Waals surface area contributed by atoms with E-state index in [2.05, 4.69) is 48.0 Å². The maximum atomic E-state index is 12.5. The molecule has 0 saturated carbocycles. The first kappa shape index (κ1) is 19.6. The number of hydrogen-bond donors (Lipinski definition) is 2. The van der Waals surface area contributed by atoms with Crippen molar-refractivity contribution in [2.75, 3.05) is 25.5 Å². The molecule has 0 atom stereocenters. The lowest BCUT2D eigenvalue weighted by Crippen LogP contribution is -2.36. The minimum absolute atomic E-state index is 0.118. The molecule has 1 saturated heterocycles. The van der Waals surface area contributed by atoms with E-state index in [1.54, 1.807) is 12.4 Å². The van der Waals surface area contributed by atoms with E-state index in [1.165, 1.54) is 6.07 Å². The summed E-state index contributed by atoms with van der Waals surface area (Å²) in [6, 6.07) is 9.56. The van der Waals surface area contributed by atoms with Crippen LogP contribution in [0, 0.1) is 0 Å². The third kappa shape index (κ3) is 4.00. The van der Waals surface area contributed by atoms with E-state index >= 15 is 0 Å². The average molecular weight is 424 g/mol. The van der Waals surface area contributed by atoms with Crippen molar-refractivity contribution in [3.05, 3.63) is 42.9 Å². The molecule has 0 spiro atoms. The number of nitrogens with zero attached hydrogens (tertiary/aromatic N) is 4. The summed E-state index contributed by atoms with van der Waals surface area (Å²) >= 11 is 0. The molecule has 160 valence electrons. The fourth-order valence-corrected chi connectivity index (χ4v) is 4.07.